The van der Waals surface area contributed by atoms with Crippen LogP contribution >= 0.6 is 0 Å². The summed E-state index contributed by atoms with van der Waals surface area (Å²) < 4.78 is 6.09. The first-order valence-corrected chi connectivity index (χ1v) is 8.06. The van der Waals surface area contributed by atoms with Gasteiger partial charge >= 0.3 is 0 Å². The van der Waals surface area contributed by atoms with Crippen molar-refractivity contribution in [2.45, 2.75) is 31.4 Å². The molecule has 0 aromatic heterocycles. The minimum absolute atomic E-state index is 0.277. The fourth-order valence-corrected chi connectivity index (χ4v) is 4.23. The van der Waals surface area contributed by atoms with E-state index in [9.17, 15) is 0 Å². The second kappa shape index (κ2) is 5.47. The summed E-state index contributed by atoms with van der Waals surface area (Å²) in [5.41, 5.74) is 2.91. The van der Waals surface area contributed by atoms with E-state index in [2.05, 4.69) is 34.5 Å². The average molecular weight is 272 g/mol. The van der Waals surface area contributed by atoms with E-state index in [1.54, 1.807) is 0 Å². The van der Waals surface area contributed by atoms with Crippen LogP contribution in [0, 0.1) is 5.92 Å². The van der Waals surface area contributed by atoms with Gasteiger partial charge < -0.3 is 10.1 Å². The van der Waals surface area contributed by atoms with Crippen LogP contribution in [0.15, 0.2) is 24.3 Å². The average Bonchev–Trinajstić information content (AvgIpc) is 2.97. The molecule has 0 radical (unpaired) electrons. The van der Waals surface area contributed by atoms with E-state index >= 15 is 0 Å². The van der Waals surface area contributed by atoms with E-state index in [1.807, 2.05) is 0 Å². The Kier molecular flexibility index (Phi) is 3.51. The number of hydrogen-bond acceptors (Lipinski definition) is 3. The molecule has 3 heterocycles. The Morgan fingerprint density at radius 2 is 2.20 bits per heavy atom. The van der Waals surface area contributed by atoms with Crippen molar-refractivity contribution in [3.63, 3.8) is 0 Å². The van der Waals surface area contributed by atoms with Crippen molar-refractivity contribution >= 4 is 0 Å². The number of rotatable bonds is 2. The lowest BCUT2D eigenvalue weighted by Crippen LogP contribution is -2.47. The molecular weight excluding hydrogens is 248 g/mol. The number of fused-ring (bicyclic) bond motifs is 2. The van der Waals surface area contributed by atoms with E-state index in [4.69, 9.17) is 4.74 Å². The number of nitrogens with zero attached hydrogens (tertiary/aromatic N) is 1. The summed E-state index contributed by atoms with van der Waals surface area (Å²) in [6.45, 7) is 5.56. The highest BCUT2D eigenvalue weighted by Crippen LogP contribution is 2.32. The largest absolute Gasteiger partial charge is 0.372 e. The molecule has 3 heteroatoms. The number of nitrogens with one attached hydrogen (secondary N) is 1. The quantitative estimate of drug-likeness (QED) is 0.891. The Balaban J connectivity index is 1.52. The molecule has 1 aromatic rings. The van der Waals surface area contributed by atoms with Crippen LogP contribution in [0.1, 0.15) is 30.1 Å². The Bertz CT molecular complexity index is 476. The number of likely N-dealkylation sites (tertiary alicyclic amines) is 1. The molecule has 4 rings (SSSR count). The predicted octanol–water partition coefficient (Wildman–Crippen LogP) is 1.98. The van der Waals surface area contributed by atoms with Crippen LogP contribution in [0.5, 0.6) is 0 Å². The molecule has 0 amide bonds. The van der Waals surface area contributed by atoms with Crippen molar-refractivity contribution < 1.29 is 4.74 Å². The molecule has 0 spiro atoms. The van der Waals surface area contributed by atoms with E-state index < -0.39 is 0 Å². The highest BCUT2D eigenvalue weighted by atomic mass is 16.5. The van der Waals surface area contributed by atoms with Gasteiger partial charge in [0.1, 0.15) is 0 Å². The van der Waals surface area contributed by atoms with Crippen molar-refractivity contribution in [1.82, 2.24) is 10.2 Å². The first kappa shape index (κ1) is 12.8. The monoisotopic (exact) mass is 272 g/mol. The maximum atomic E-state index is 6.09. The van der Waals surface area contributed by atoms with E-state index in [0.29, 0.717) is 0 Å². The summed E-state index contributed by atoms with van der Waals surface area (Å²) in [5, 5.41) is 3.57. The standard InChI is InChI=1S/C17H24N2O/c1-2-6-15-13(4-1)7-9-20-17(15)12-19-8-3-5-14-10-18-11-16(14)19/h1-2,4,6,14,16-18H,3,5,7-12H2. The minimum Gasteiger partial charge on any atom is -0.372 e. The van der Waals surface area contributed by atoms with Gasteiger partial charge in [-0.15, -0.1) is 0 Å². The Morgan fingerprint density at radius 3 is 3.20 bits per heavy atom. The van der Waals surface area contributed by atoms with Gasteiger partial charge in [-0.1, -0.05) is 24.3 Å². The van der Waals surface area contributed by atoms with Gasteiger partial charge in [-0.3, -0.25) is 4.90 Å². The molecule has 1 aromatic carbocycles. The van der Waals surface area contributed by atoms with Crippen LogP contribution < -0.4 is 5.32 Å². The van der Waals surface area contributed by atoms with E-state index in [1.165, 1.54) is 43.6 Å². The summed E-state index contributed by atoms with van der Waals surface area (Å²) >= 11 is 0. The summed E-state index contributed by atoms with van der Waals surface area (Å²) in [5.74, 6) is 0.864. The van der Waals surface area contributed by atoms with Crippen molar-refractivity contribution in [2.75, 3.05) is 32.8 Å². The molecule has 0 saturated carbocycles. The second-order valence-electron chi connectivity index (χ2n) is 6.43. The molecule has 20 heavy (non-hydrogen) atoms. The fraction of sp³-hybridized carbons (Fsp3) is 0.647. The maximum Gasteiger partial charge on any atom is 0.0954 e. The zero-order valence-corrected chi connectivity index (χ0v) is 12.1. The van der Waals surface area contributed by atoms with Crippen LogP contribution in [-0.4, -0.2) is 43.7 Å². The molecule has 0 bridgehead atoms. The summed E-state index contributed by atoms with van der Waals surface area (Å²) in [6, 6.07) is 9.56. The summed E-state index contributed by atoms with van der Waals surface area (Å²) in [6.07, 6.45) is 4.09. The van der Waals surface area contributed by atoms with Gasteiger partial charge in [-0.25, -0.2) is 0 Å². The third-order valence-corrected chi connectivity index (χ3v) is 5.29. The molecule has 2 saturated heterocycles. The minimum atomic E-state index is 0.277. The second-order valence-corrected chi connectivity index (χ2v) is 6.43. The summed E-state index contributed by atoms with van der Waals surface area (Å²) in [4.78, 5) is 2.68. The third-order valence-electron chi connectivity index (χ3n) is 5.29. The van der Waals surface area contributed by atoms with Crippen LogP contribution in [0.25, 0.3) is 0 Å². The molecule has 1 N–H and O–H groups in total. The zero-order chi connectivity index (χ0) is 13.4. The lowest BCUT2D eigenvalue weighted by molar-refractivity contribution is -0.00499. The van der Waals surface area contributed by atoms with Gasteiger partial charge in [-0.05, 0) is 49.4 Å². The topological polar surface area (TPSA) is 24.5 Å². The number of piperidine rings is 1. The SMILES string of the molecule is c1ccc2c(c1)CCOC2CN1CCCC2CNCC21. The molecule has 0 aliphatic carbocycles. The van der Waals surface area contributed by atoms with Crippen LogP contribution in [0.3, 0.4) is 0 Å². The normalized spacial score (nSPS) is 33.7. The van der Waals surface area contributed by atoms with Gasteiger partial charge in [0.15, 0.2) is 0 Å². The number of ether oxygens (including phenoxy) is 1. The van der Waals surface area contributed by atoms with Gasteiger partial charge in [0, 0.05) is 19.1 Å². The van der Waals surface area contributed by atoms with Crippen LogP contribution in [0.2, 0.25) is 0 Å². The highest BCUT2D eigenvalue weighted by Gasteiger charge is 2.36. The first-order valence-electron chi connectivity index (χ1n) is 8.06. The molecule has 3 atom stereocenters. The molecule has 3 nitrogen and oxygen atoms in total. The Hall–Kier alpha value is -0.900. The van der Waals surface area contributed by atoms with Crippen molar-refractivity contribution in [1.29, 1.82) is 0 Å². The van der Waals surface area contributed by atoms with Gasteiger partial charge in [-0.2, -0.15) is 0 Å². The van der Waals surface area contributed by atoms with E-state index in [0.717, 1.165) is 31.5 Å². The van der Waals surface area contributed by atoms with Crippen molar-refractivity contribution in [3.8, 4) is 0 Å². The third kappa shape index (κ3) is 2.28. The zero-order valence-electron chi connectivity index (χ0n) is 12.1. The molecule has 3 aliphatic heterocycles. The van der Waals surface area contributed by atoms with Crippen LogP contribution in [0.4, 0.5) is 0 Å². The summed E-state index contributed by atoms with van der Waals surface area (Å²) in [7, 11) is 0. The van der Waals surface area contributed by atoms with Gasteiger partial charge in [0.2, 0.25) is 0 Å². The molecule has 3 aliphatic rings. The van der Waals surface area contributed by atoms with E-state index in [-0.39, 0.29) is 6.10 Å². The highest BCUT2D eigenvalue weighted by molar-refractivity contribution is 5.31. The first-order chi connectivity index (χ1) is 9.92. The molecule has 3 unspecified atom stereocenters. The number of hydrogen-bond donors (Lipinski definition) is 1. The van der Waals surface area contributed by atoms with Gasteiger partial charge in [0.25, 0.3) is 0 Å². The van der Waals surface area contributed by atoms with Crippen molar-refractivity contribution in [3.05, 3.63) is 35.4 Å². The predicted molar refractivity (Wildman–Crippen MR) is 79.8 cm³/mol. The van der Waals surface area contributed by atoms with Gasteiger partial charge in [0.05, 0.1) is 12.7 Å². The Morgan fingerprint density at radius 1 is 1.25 bits per heavy atom. The van der Waals surface area contributed by atoms with Crippen molar-refractivity contribution in [2.24, 2.45) is 5.92 Å². The Labute approximate surface area is 121 Å². The smallest absolute Gasteiger partial charge is 0.0954 e. The van der Waals surface area contributed by atoms with Crippen LogP contribution in [-0.2, 0) is 11.2 Å². The number of benzene rings is 1. The maximum absolute atomic E-state index is 6.09. The fourth-order valence-electron chi connectivity index (χ4n) is 4.23. The molecular formula is C17H24N2O. The molecule has 2 fully saturated rings. The molecule has 108 valence electrons. The lowest BCUT2D eigenvalue weighted by atomic mass is 9.90. The lowest BCUT2D eigenvalue weighted by Gasteiger charge is -2.40.